The first-order valence-corrected chi connectivity index (χ1v) is 5.55. The van der Waals surface area contributed by atoms with Gasteiger partial charge >= 0.3 is 0 Å². The van der Waals surface area contributed by atoms with Crippen LogP contribution >= 0.6 is 0 Å². The third-order valence-corrected chi connectivity index (χ3v) is 2.57. The Balaban J connectivity index is 3.50. The molecule has 2 N–H and O–H groups in total. The standard InChI is InChI=1S/C14H17FN2/c1-8(2)5-10-6-11(7-16)13(15)12(9(3)4)14(10)17/h6,8H,3,5,17H2,1-2,4H3. The first-order valence-electron chi connectivity index (χ1n) is 5.55. The van der Waals surface area contributed by atoms with Gasteiger partial charge in [-0.15, -0.1) is 0 Å². The van der Waals surface area contributed by atoms with E-state index in [0.717, 1.165) is 12.0 Å². The van der Waals surface area contributed by atoms with Crippen LogP contribution < -0.4 is 5.73 Å². The van der Waals surface area contributed by atoms with Crippen LogP contribution in [0.3, 0.4) is 0 Å². The number of benzene rings is 1. The molecule has 0 saturated carbocycles. The van der Waals surface area contributed by atoms with Crippen molar-refractivity contribution in [2.75, 3.05) is 5.73 Å². The lowest BCUT2D eigenvalue weighted by Crippen LogP contribution is -2.06. The van der Waals surface area contributed by atoms with E-state index in [0.29, 0.717) is 17.2 Å². The van der Waals surface area contributed by atoms with Gasteiger partial charge in [-0.05, 0) is 36.5 Å². The summed E-state index contributed by atoms with van der Waals surface area (Å²) in [6.07, 6.45) is 0.723. The highest BCUT2D eigenvalue weighted by atomic mass is 19.1. The molecule has 0 aliphatic carbocycles. The molecule has 0 unspecified atom stereocenters. The highest BCUT2D eigenvalue weighted by Gasteiger charge is 2.17. The molecule has 0 spiro atoms. The minimum absolute atomic E-state index is 0.0350. The third kappa shape index (κ3) is 2.65. The molecule has 3 heteroatoms. The largest absolute Gasteiger partial charge is 0.398 e. The maximum atomic E-state index is 13.9. The molecule has 0 saturated heterocycles. The van der Waals surface area contributed by atoms with E-state index in [4.69, 9.17) is 11.0 Å². The quantitative estimate of drug-likeness (QED) is 0.811. The zero-order valence-electron chi connectivity index (χ0n) is 10.5. The van der Waals surface area contributed by atoms with Gasteiger partial charge in [0.15, 0.2) is 0 Å². The van der Waals surface area contributed by atoms with Crippen molar-refractivity contribution in [1.82, 2.24) is 0 Å². The van der Waals surface area contributed by atoms with Crippen LogP contribution in [0.4, 0.5) is 10.1 Å². The Morgan fingerprint density at radius 2 is 2.18 bits per heavy atom. The summed E-state index contributed by atoms with van der Waals surface area (Å²) < 4.78 is 13.9. The zero-order valence-corrected chi connectivity index (χ0v) is 10.5. The van der Waals surface area contributed by atoms with E-state index in [1.807, 2.05) is 6.07 Å². The van der Waals surface area contributed by atoms with Crippen molar-refractivity contribution < 1.29 is 4.39 Å². The summed E-state index contributed by atoms with van der Waals surface area (Å²) in [4.78, 5) is 0. The van der Waals surface area contributed by atoms with Gasteiger partial charge in [-0.25, -0.2) is 4.39 Å². The van der Waals surface area contributed by atoms with Crippen LogP contribution in [0.25, 0.3) is 5.57 Å². The zero-order chi connectivity index (χ0) is 13.2. The lowest BCUT2D eigenvalue weighted by atomic mass is 9.93. The van der Waals surface area contributed by atoms with Crippen LogP contribution in [0.1, 0.15) is 37.5 Å². The van der Waals surface area contributed by atoms with Gasteiger partial charge in [-0.1, -0.05) is 20.4 Å². The molecule has 0 amide bonds. The highest BCUT2D eigenvalue weighted by Crippen LogP contribution is 2.30. The Hall–Kier alpha value is -1.82. The fourth-order valence-electron chi connectivity index (χ4n) is 1.84. The predicted molar refractivity (Wildman–Crippen MR) is 68.8 cm³/mol. The van der Waals surface area contributed by atoms with E-state index in [1.54, 1.807) is 6.92 Å². The van der Waals surface area contributed by atoms with Crippen molar-refractivity contribution in [3.8, 4) is 6.07 Å². The van der Waals surface area contributed by atoms with Crippen molar-refractivity contribution in [2.45, 2.75) is 27.2 Å². The van der Waals surface area contributed by atoms with E-state index in [2.05, 4.69) is 20.4 Å². The molecular formula is C14H17FN2. The number of hydrogen-bond donors (Lipinski definition) is 1. The fourth-order valence-corrected chi connectivity index (χ4v) is 1.84. The number of nitrogen functional groups attached to an aromatic ring is 1. The first-order chi connectivity index (χ1) is 7.88. The molecule has 0 aromatic heterocycles. The molecule has 0 aliphatic rings. The SMILES string of the molecule is C=C(C)c1c(N)c(CC(C)C)cc(C#N)c1F. The second-order valence-corrected chi connectivity index (χ2v) is 4.68. The number of allylic oxidation sites excluding steroid dienone is 1. The molecule has 1 aromatic rings. The second-order valence-electron chi connectivity index (χ2n) is 4.68. The lowest BCUT2D eigenvalue weighted by Gasteiger charge is -2.15. The molecule has 0 bridgehead atoms. The summed E-state index contributed by atoms with van der Waals surface area (Å²) in [6.45, 7) is 9.50. The Morgan fingerprint density at radius 1 is 1.59 bits per heavy atom. The van der Waals surface area contributed by atoms with E-state index < -0.39 is 5.82 Å². The molecule has 0 aliphatic heterocycles. The van der Waals surface area contributed by atoms with Crippen LogP contribution in [-0.4, -0.2) is 0 Å². The predicted octanol–water partition coefficient (Wildman–Crippen LogP) is 3.51. The number of hydrogen-bond acceptors (Lipinski definition) is 2. The van der Waals surface area contributed by atoms with Crippen molar-refractivity contribution in [1.29, 1.82) is 5.26 Å². The summed E-state index contributed by atoms with van der Waals surface area (Å²) in [5, 5.41) is 8.91. The Labute approximate surface area is 102 Å². The van der Waals surface area contributed by atoms with Crippen molar-refractivity contribution >= 4 is 11.3 Å². The lowest BCUT2D eigenvalue weighted by molar-refractivity contribution is 0.615. The Morgan fingerprint density at radius 3 is 2.59 bits per heavy atom. The maximum Gasteiger partial charge on any atom is 0.150 e. The van der Waals surface area contributed by atoms with Crippen molar-refractivity contribution in [3.05, 3.63) is 35.2 Å². The van der Waals surface area contributed by atoms with E-state index >= 15 is 0 Å². The van der Waals surface area contributed by atoms with Crippen LogP contribution in [0.2, 0.25) is 0 Å². The molecule has 0 radical (unpaired) electrons. The van der Waals surface area contributed by atoms with Crippen LogP contribution in [0.15, 0.2) is 12.6 Å². The molecule has 1 rings (SSSR count). The molecule has 0 heterocycles. The molecule has 17 heavy (non-hydrogen) atoms. The molecule has 0 fully saturated rings. The van der Waals surface area contributed by atoms with Gasteiger partial charge in [-0.3, -0.25) is 0 Å². The average molecular weight is 232 g/mol. The number of halogens is 1. The van der Waals surface area contributed by atoms with Gasteiger partial charge in [0, 0.05) is 11.3 Å². The first kappa shape index (κ1) is 13.2. The average Bonchev–Trinajstić information content (AvgIpc) is 2.21. The summed E-state index contributed by atoms with van der Waals surface area (Å²) in [7, 11) is 0. The third-order valence-electron chi connectivity index (χ3n) is 2.57. The Bertz CT molecular complexity index is 496. The monoisotopic (exact) mass is 232 g/mol. The molecule has 1 aromatic carbocycles. The number of nitrogens with zero attached hydrogens (tertiary/aromatic N) is 1. The Kier molecular flexibility index (Phi) is 3.90. The molecule has 90 valence electrons. The van der Waals surface area contributed by atoms with Crippen LogP contribution in [0, 0.1) is 23.1 Å². The van der Waals surface area contributed by atoms with Gasteiger partial charge in [-0.2, -0.15) is 5.26 Å². The van der Waals surface area contributed by atoms with Gasteiger partial charge in [0.25, 0.3) is 0 Å². The maximum absolute atomic E-state index is 13.9. The smallest absolute Gasteiger partial charge is 0.150 e. The number of rotatable bonds is 3. The van der Waals surface area contributed by atoms with Crippen LogP contribution in [0.5, 0.6) is 0 Å². The summed E-state index contributed by atoms with van der Waals surface area (Å²) >= 11 is 0. The fraction of sp³-hybridized carbons (Fsp3) is 0.357. The number of nitrogens with two attached hydrogens (primary N) is 1. The van der Waals surface area contributed by atoms with Gasteiger partial charge in [0.05, 0.1) is 5.56 Å². The number of nitriles is 1. The van der Waals surface area contributed by atoms with Gasteiger partial charge in [0.2, 0.25) is 0 Å². The molecule has 0 atom stereocenters. The van der Waals surface area contributed by atoms with E-state index in [-0.39, 0.29) is 11.1 Å². The van der Waals surface area contributed by atoms with E-state index in [1.165, 1.54) is 6.07 Å². The van der Waals surface area contributed by atoms with Crippen LogP contribution in [-0.2, 0) is 6.42 Å². The summed E-state index contributed by atoms with van der Waals surface area (Å²) in [5.41, 5.74) is 8.02. The van der Waals surface area contributed by atoms with Crippen molar-refractivity contribution in [3.63, 3.8) is 0 Å². The van der Waals surface area contributed by atoms with Gasteiger partial charge in [0.1, 0.15) is 11.9 Å². The molecule has 2 nitrogen and oxygen atoms in total. The molecular weight excluding hydrogens is 215 g/mol. The summed E-state index contributed by atoms with van der Waals surface area (Å²) in [5.74, 6) is -0.169. The van der Waals surface area contributed by atoms with E-state index in [9.17, 15) is 4.39 Å². The normalized spacial score (nSPS) is 10.4. The second kappa shape index (κ2) is 5.01. The van der Waals surface area contributed by atoms with Crippen molar-refractivity contribution in [2.24, 2.45) is 5.92 Å². The minimum Gasteiger partial charge on any atom is -0.398 e. The summed E-state index contributed by atoms with van der Waals surface area (Å²) in [6, 6.07) is 3.40. The minimum atomic E-state index is -0.565. The van der Waals surface area contributed by atoms with Gasteiger partial charge < -0.3 is 5.73 Å². The number of anilines is 1. The highest BCUT2D eigenvalue weighted by molar-refractivity contribution is 5.76. The topological polar surface area (TPSA) is 49.8 Å².